The Balaban J connectivity index is 2.50. The van der Waals surface area contributed by atoms with Crippen molar-refractivity contribution < 1.29 is 9.84 Å². The summed E-state index contributed by atoms with van der Waals surface area (Å²) in [6.07, 6.45) is -0.668. The van der Waals surface area contributed by atoms with Gasteiger partial charge in [0.05, 0.1) is 18.4 Å². The Morgan fingerprint density at radius 1 is 1.47 bits per heavy atom. The molecule has 0 aliphatic heterocycles. The van der Waals surface area contributed by atoms with Crippen molar-refractivity contribution in [2.24, 2.45) is 7.05 Å². The van der Waals surface area contributed by atoms with Gasteiger partial charge in [-0.1, -0.05) is 0 Å². The van der Waals surface area contributed by atoms with Crippen LogP contribution in [0.2, 0.25) is 0 Å². The summed E-state index contributed by atoms with van der Waals surface area (Å²) in [4.78, 5) is 0.944. The van der Waals surface area contributed by atoms with Crippen molar-refractivity contribution in [1.29, 1.82) is 0 Å². The maximum Gasteiger partial charge on any atom is 0.217 e. The Bertz CT molecular complexity index is 531. The molecule has 2 rings (SSSR count). The standard InChI is InChI=1S/C12H16N2O2S/c1-7-5-6-17-11(7)10(15)9-8(2)13-14(3)12(9)16-4/h5-6,10,15H,1-4H3. The highest BCUT2D eigenvalue weighted by molar-refractivity contribution is 7.10. The molecule has 0 bridgehead atoms. The molecule has 0 fully saturated rings. The third-order valence-corrected chi connectivity index (χ3v) is 3.90. The van der Waals surface area contributed by atoms with E-state index in [2.05, 4.69) is 5.10 Å². The van der Waals surface area contributed by atoms with E-state index in [1.807, 2.05) is 32.3 Å². The number of methoxy groups -OCH3 is 1. The van der Waals surface area contributed by atoms with E-state index < -0.39 is 6.10 Å². The molecular formula is C12H16N2O2S. The molecule has 2 aromatic rings. The number of aliphatic hydroxyl groups excluding tert-OH is 1. The van der Waals surface area contributed by atoms with Crippen LogP contribution in [-0.4, -0.2) is 22.0 Å². The van der Waals surface area contributed by atoms with Gasteiger partial charge in [0.2, 0.25) is 5.88 Å². The summed E-state index contributed by atoms with van der Waals surface area (Å²) in [6, 6.07) is 2.00. The number of ether oxygens (including phenoxy) is 1. The lowest BCUT2D eigenvalue weighted by Gasteiger charge is -2.11. The summed E-state index contributed by atoms with van der Waals surface area (Å²) in [5.74, 6) is 0.614. The van der Waals surface area contributed by atoms with Gasteiger partial charge in [0.15, 0.2) is 0 Å². The molecule has 0 aromatic carbocycles. The third kappa shape index (κ3) is 1.96. The quantitative estimate of drug-likeness (QED) is 0.911. The SMILES string of the molecule is COc1c(C(O)c2sccc2C)c(C)nn1C. The van der Waals surface area contributed by atoms with Gasteiger partial charge in [-0.15, -0.1) is 11.3 Å². The number of hydrogen-bond acceptors (Lipinski definition) is 4. The number of rotatable bonds is 3. The number of aliphatic hydroxyl groups is 1. The van der Waals surface area contributed by atoms with E-state index in [9.17, 15) is 5.11 Å². The fraction of sp³-hybridized carbons (Fsp3) is 0.417. The molecule has 2 heterocycles. The third-order valence-electron chi connectivity index (χ3n) is 2.83. The van der Waals surface area contributed by atoms with Gasteiger partial charge >= 0.3 is 0 Å². The molecule has 0 saturated heterocycles. The second-order valence-corrected chi connectivity index (χ2v) is 4.95. The summed E-state index contributed by atoms with van der Waals surface area (Å²) >= 11 is 1.55. The van der Waals surface area contributed by atoms with Crippen LogP contribution in [0, 0.1) is 13.8 Å². The van der Waals surface area contributed by atoms with Crippen molar-refractivity contribution >= 4 is 11.3 Å². The molecule has 0 spiro atoms. The Morgan fingerprint density at radius 2 is 2.18 bits per heavy atom. The maximum atomic E-state index is 10.4. The van der Waals surface area contributed by atoms with Crippen molar-refractivity contribution in [3.05, 3.63) is 33.1 Å². The van der Waals surface area contributed by atoms with Gasteiger partial charge in [-0.05, 0) is 30.9 Å². The van der Waals surface area contributed by atoms with Crippen molar-refractivity contribution in [2.45, 2.75) is 20.0 Å². The highest BCUT2D eigenvalue weighted by atomic mass is 32.1. The van der Waals surface area contributed by atoms with Crippen molar-refractivity contribution in [3.63, 3.8) is 0 Å². The Morgan fingerprint density at radius 3 is 2.71 bits per heavy atom. The number of aromatic nitrogens is 2. The topological polar surface area (TPSA) is 47.3 Å². The molecule has 17 heavy (non-hydrogen) atoms. The molecule has 5 heteroatoms. The lowest BCUT2D eigenvalue weighted by atomic mass is 10.1. The first kappa shape index (κ1) is 12.1. The predicted molar refractivity (Wildman–Crippen MR) is 67.6 cm³/mol. The summed E-state index contributed by atoms with van der Waals surface area (Å²) < 4.78 is 6.95. The highest BCUT2D eigenvalue weighted by Gasteiger charge is 2.24. The number of thiophene rings is 1. The lowest BCUT2D eigenvalue weighted by Crippen LogP contribution is -2.03. The fourth-order valence-electron chi connectivity index (χ4n) is 2.01. The predicted octanol–water partition coefficient (Wildman–Crippen LogP) is 2.19. The molecule has 0 aliphatic carbocycles. The minimum Gasteiger partial charge on any atom is -0.481 e. The van der Waals surface area contributed by atoms with Gasteiger partial charge in [-0.2, -0.15) is 5.10 Å². The molecule has 1 N–H and O–H groups in total. The normalized spacial score (nSPS) is 12.8. The minimum atomic E-state index is -0.668. The zero-order valence-corrected chi connectivity index (χ0v) is 11.2. The summed E-state index contributed by atoms with van der Waals surface area (Å²) in [5, 5.41) is 16.7. The molecule has 0 aliphatic rings. The molecule has 0 amide bonds. The van der Waals surface area contributed by atoms with E-state index in [4.69, 9.17) is 4.74 Å². The minimum absolute atomic E-state index is 0.614. The second-order valence-electron chi connectivity index (χ2n) is 4.00. The van der Waals surface area contributed by atoms with Gasteiger partial charge in [-0.25, -0.2) is 4.68 Å². The molecule has 1 atom stereocenters. The Kier molecular flexibility index (Phi) is 3.22. The Hall–Kier alpha value is -1.33. The molecule has 4 nitrogen and oxygen atoms in total. The van der Waals surface area contributed by atoms with Gasteiger partial charge < -0.3 is 9.84 Å². The number of hydrogen-bond donors (Lipinski definition) is 1. The van der Waals surface area contributed by atoms with Gasteiger partial charge in [0.1, 0.15) is 6.10 Å². The second kappa shape index (κ2) is 4.50. The first-order valence-corrected chi connectivity index (χ1v) is 6.23. The van der Waals surface area contributed by atoms with E-state index >= 15 is 0 Å². The highest BCUT2D eigenvalue weighted by Crippen LogP contribution is 2.35. The van der Waals surface area contributed by atoms with Crippen LogP contribution >= 0.6 is 11.3 Å². The fourth-order valence-corrected chi connectivity index (χ4v) is 2.93. The zero-order chi connectivity index (χ0) is 12.6. The van der Waals surface area contributed by atoms with Gasteiger partial charge in [0.25, 0.3) is 0 Å². The smallest absolute Gasteiger partial charge is 0.217 e. The van der Waals surface area contributed by atoms with Crippen LogP contribution in [0.4, 0.5) is 0 Å². The van der Waals surface area contributed by atoms with Crippen molar-refractivity contribution in [3.8, 4) is 5.88 Å². The van der Waals surface area contributed by atoms with Crippen LogP contribution in [0.5, 0.6) is 5.88 Å². The zero-order valence-electron chi connectivity index (χ0n) is 10.4. The van der Waals surface area contributed by atoms with E-state index in [1.54, 1.807) is 23.1 Å². The lowest BCUT2D eigenvalue weighted by molar-refractivity contribution is 0.216. The van der Waals surface area contributed by atoms with Gasteiger partial charge in [-0.3, -0.25) is 0 Å². The van der Waals surface area contributed by atoms with E-state index in [0.717, 1.165) is 21.7 Å². The summed E-state index contributed by atoms with van der Waals surface area (Å²) in [5.41, 5.74) is 2.64. The molecule has 0 saturated carbocycles. The van der Waals surface area contributed by atoms with Crippen LogP contribution in [-0.2, 0) is 7.05 Å². The molecule has 92 valence electrons. The van der Waals surface area contributed by atoms with E-state index in [1.165, 1.54) is 0 Å². The van der Waals surface area contributed by atoms with Crippen LogP contribution < -0.4 is 4.74 Å². The summed E-state index contributed by atoms with van der Waals surface area (Å²) in [6.45, 7) is 3.87. The van der Waals surface area contributed by atoms with Crippen molar-refractivity contribution in [1.82, 2.24) is 9.78 Å². The largest absolute Gasteiger partial charge is 0.481 e. The number of nitrogens with zero attached hydrogens (tertiary/aromatic N) is 2. The molecular weight excluding hydrogens is 236 g/mol. The monoisotopic (exact) mass is 252 g/mol. The van der Waals surface area contributed by atoms with Crippen LogP contribution in [0.15, 0.2) is 11.4 Å². The Labute approximate surface area is 104 Å². The molecule has 2 aromatic heterocycles. The van der Waals surface area contributed by atoms with E-state index in [0.29, 0.717) is 5.88 Å². The maximum absolute atomic E-state index is 10.4. The molecule has 1 unspecified atom stereocenters. The first-order chi connectivity index (χ1) is 8.06. The molecule has 0 radical (unpaired) electrons. The van der Waals surface area contributed by atoms with Crippen LogP contribution in [0.1, 0.15) is 27.8 Å². The summed E-state index contributed by atoms with van der Waals surface area (Å²) in [7, 11) is 3.40. The number of aryl methyl sites for hydroxylation is 3. The average Bonchev–Trinajstić information content (AvgIpc) is 2.81. The average molecular weight is 252 g/mol. The first-order valence-electron chi connectivity index (χ1n) is 5.35. The van der Waals surface area contributed by atoms with Crippen LogP contribution in [0.3, 0.4) is 0 Å². The van der Waals surface area contributed by atoms with Gasteiger partial charge in [0, 0.05) is 11.9 Å². The van der Waals surface area contributed by atoms with E-state index in [-0.39, 0.29) is 0 Å². The van der Waals surface area contributed by atoms with Crippen LogP contribution in [0.25, 0.3) is 0 Å². The van der Waals surface area contributed by atoms with Crippen molar-refractivity contribution in [2.75, 3.05) is 7.11 Å².